The predicted octanol–water partition coefficient (Wildman–Crippen LogP) is 1.44. The van der Waals surface area contributed by atoms with E-state index in [2.05, 4.69) is 0 Å². The molecule has 64 valence electrons. The maximum Gasteiger partial charge on any atom is 0.149 e. The minimum atomic E-state index is -0.313. The van der Waals surface area contributed by atoms with E-state index in [1.165, 1.54) is 0 Å². The van der Waals surface area contributed by atoms with E-state index in [0.717, 1.165) is 11.8 Å². The van der Waals surface area contributed by atoms with Crippen molar-refractivity contribution in [2.24, 2.45) is 0 Å². The molecule has 0 saturated carbocycles. The van der Waals surface area contributed by atoms with Gasteiger partial charge in [-0.25, -0.2) is 0 Å². The van der Waals surface area contributed by atoms with Crippen molar-refractivity contribution in [2.45, 2.75) is 12.5 Å². The number of hydrogen-bond acceptors (Lipinski definition) is 2. The molecule has 1 aromatic carbocycles. The van der Waals surface area contributed by atoms with Gasteiger partial charge in [-0.15, -0.1) is 0 Å². The Morgan fingerprint density at radius 1 is 1.42 bits per heavy atom. The maximum absolute atomic E-state index is 10.4. The Morgan fingerprint density at radius 2 is 2.08 bits per heavy atom. The van der Waals surface area contributed by atoms with Gasteiger partial charge in [-0.05, 0) is 5.56 Å². The van der Waals surface area contributed by atoms with E-state index >= 15 is 0 Å². The number of rotatable bonds is 4. The van der Waals surface area contributed by atoms with Crippen molar-refractivity contribution in [1.29, 1.82) is 0 Å². The monoisotopic (exact) mass is 164 g/mol. The highest BCUT2D eigenvalue weighted by Crippen LogP contribution is 2.03. The van der Waals surface area contributed by atoms with Gasteiger partial charge in [0.1, 0.15) is 12.4 Å². The Labute approximate surface area is 72.2 Å². The molecule has 0 fully saturated rings. The fraction of sp³-hybridized carbons (Fsp3) is 0.300. The van der Waals surface area contributed by atoms with Crippen LogP contribution >= 0.6 is 0 Å². The summed E-state index contributed by atoms with van der Waals surface area (Å²) in [4.78, 5) is 10.4. The molecule has 1 aromatic rings. The minimum absolute atomic E-state index is 0.313. The fourth-order valence-corrected chi connectivity index (χ4v) is 1.03. The average Bonchev–Trinajstić information content (AvgIpc) is 2.16. The van der Waals surface area contributed by atoms with Crippen LogP contribution in [0.1, 0.15) is 5.56 Å². The first-order chi connectivity index (χ1) is 5.86. The smallest absolute Gasteiger partial charge is 0.149 e. The number of methoxy groups -OCH3 is 1. The van der Waals surface area contributed by atoms with Crippen LogP contribution in [-0.2, 0) is 16.0 Å². The number of carbonyl (C=O) groups is 1. The SMILES string of the molecule is CO[C@@H](C=O)Cc1ccccc1. The summed E-state index contributed by atoms with van der Waals surface area (Å²) in [5.74, 6) is 0. The number of ether oxygens (including phenoxy) is 1. The van der Waals surface area contributed by atoms with Crippen molar-refractivity contribution in [3.8, 4) is 0 Å². The van der Waals surface area contributed by atoms with Crippen molar-refractivity contribution in [2.75, 3.05) is 7.11 Å². The van der Waals surface area contributed by atoms with Crippen LogP contribution in [0.2, 0.25) is 0 Å². The van der Waals surface area contributed by atoms with Crippen LogP contribution in [-0.4, -0.2) is 19.5 Å². The molecule has 1 rings (SSSR count). The molecule has 0 amide bonds. The summed E-state index contributed by atoms with van der Waals surface area (Å²) >= 11 is 0. The topological polar surface area (TPSA) is 26.3 Å². The molecule has 2 nitrogen and oxygen atoms in total. The van der Waals surface area contributed by atoms with Gasteiger partial charge in [0.25, 0.3) is 0 Å². The largest absolute Gasteiger partial charge is 0.374 e. The molecule has 0 aliphatic heterocycles. The first-order valence-corrected chi connectivity index (χ1v) is 3.89. The number of hydrogen-bond donors (Lipinski definition) is 0. The lowest BCUT2D eigenvalue weighted by atomic mass is 10.1. The Hall–Kier alpha value is -1.15. The van der Waals surface area contributed by atoms with Gasteiger partial charge in [-0.1, -0.05) is 30.3 Å². The lowest BCUT2D eigenvalue weighted by Gasteiger charge is -2.06. The van der Waals surface area contributed by atoms with Crippen LogP contribution in [0.25, 0.3) is 0 Å². The molecule has 12 heavy (non-hydrogen) atoms. The molecule has 0 heterocycles. The zero-order valence-electron chi connectivity index (χ0n) is 7.07. The van der Waals surface area contributed by atoms with Gasteiger partial charge in [0.2, 0.25) is 0 Å². The molecule has 0 saturated heterocycles. The Balaban J connectivity index is 2.56. The second kappa shape index (κ2) is 4.67. The van der Waals surface area contributed by atoms with Gasteiger partial charge < -0.3 is 9.53 Å². The molecule has 0 spiro atoms. The summed E-state index contributed by atoms with van der Waals surface area (Å²) in [5.41, 5.74) is 1.12. The standard InChI is InChI=1S/C10H12O2/c1-12-10(8-11)7-9-5-3-2-4-6-9/h2-6,8,10H,7H2,1H3/t10-/m1/s1. The lowest BCUT2D eigenvalue weighted by molar-refractivity contribution is -0.116. The van der Waals surface area contributed by atoms with E-state index in [0.29, 0.717) is 6.42 Å². The highest BCUT2D eigenvalue weighted by Gasteiger charge is 2.04. The predicted molar refractivity (Wildman–Crippen MR) is 47.0 cm³/mol. The molecule has 0 bridgehead atoms. The molecule has 0 aliphatic carbocycles. The molecule has 0 N–H and O–H groups in total. The molecule has 0 radical (unpaired) electrons. The summed E-state index contributed by atoms with van der Waals surface area (Å²) < 4.78 is 4.94. The van der Waals surface area contributed by atoms with Crippen molar-refractivity contribution in [3.63, 3.8) is 0 Å². The summed E-state index contributed by atoms with van der Waals surface area (Å²) in [6.07, 6.45) is 1.17. The van der Waals surface area contributed by atoms with Gasteiger partial charge in [-0.2, -0.15) is 0 Å². The van der Waals surface area contributed by atoms with E-state index in [1.807, 2.05) is 30.3 Å². The molecule has 2 heteroatoms. The molecule has 1 atom stereocenters. The van der Waals surface area contributed by atoms with Crippen molar-refractivity contribution in [1.82, 2.24) is 0 Å². The molecule has 0 aromatic heterocycles. The fourth-order valence-electron chi connectivity index (χ4n) is 1.03. The Bertz CT molecular complexity index is 231. The van der Waals surface area contributed by atoms with Crippen LogP contribution in [0.3, 0.4) is 0 Å². The van der Waals surface area contributed by atoms with Gasteiger partial charge in [0.05, 0.1) is 0 Å². The van der Waals surface area contributed by atoms with Gasteiger partial charge in [0, 0.05) is 13.5 Å². The third-order valence-corrected chi connectivity index (χ3v) is 1.73. The number of carbonyl (C=O) groups excluding carboxylic acids is 1. The van der Waals surface area contributed by atoms with E-state index in [1.54, 1.807) is 7.11 Å². The van der Waals surface area contributed by atoms with E-state index in [4.69, 9.17) is 4.74 Å². The Kier molecular flexibility index (Phi) is 3.48. The Morgan fingerprint density at radius 3 is 2.58 bits per heavy atom. The van der Waals surface area contributed by atoms with Crippen LogP contribution in [0.15, 0.2) is 30.3 Å². The lowest BCUT2D eigenvalue weighted by Crippen LogP contribution is -2.15. The van der Waals surface area contributed by atoms with E-state index < -0.39 is 0 Å². The first kappa shape index (κ1) is 8.94. The summed E-state index contributed by atoms with van der Waals surface area (Å²) in [7, 11) is 1.54. The van der Waals surface area contributed by atoms with Crippen molar-refractivity contribution >= 4 is 6.29 Å². The molecular weight excluding hydrogens is 152 g/mol. The van der Waals surface area contributed by atoms with Crippen LogP contribution in [0.4, 0.5) is 0 Å². The third kappa shape index (κ3) is 2.47. The van der Waals surface area contributed by atoms with Gasteiger partial charge in [0.15, 0.2) is 0 Å². The number of benzene rings is 1. The second-order valence-corrected chi connectivity index (χ2v) is 2.60. The van der Waals surface area contributed by atoms with Crippen LogP contribution in [0, 0.1) is 0 Å². The van der Waals surface area contributed by atoms with E-state index in [9.17, 15) is 4.79 Å². The van der Waals surface area contributed by atoms with Crippen molar-refractivity contribution < 1.29 is 9.53 Å². The highest BCUT2D eigenvalue weighted by molar-refractivity contribution is 5.56. The maximum atomic E-state index is 10.4. The van der Waals surface area contributed by atoms with Crippen LogP contribution < -0.4 is 0 Å². The van der Waals surface area contributed by atoms with Crippen LogP contribution in [0.5, 0.6) is 0 Å². The molecule has 0 unspecified atom stereocenters. The molecule has 0 aliphatic rings. The quantitative estimate of drug-likeness (QED) is 0.629. The summed E-state index contributed by atoms with van der Waals surface area (Å²) in [6, 6.07) is 9.82. The highest BCUT2D eigenvalue weighted by atomic mass is 16.5. The van der Waals surface area contributed by atoms with E-state index in [-0.39, 0.29) is 6.10 Å². The summed E-state index contributed by atoms with van der Waals surface area (Å²) in [6.45, 7) is 0. The molecular formula is C10H12O2. The zero-order chi connectivity index (χ0) is 8.81. The second-order valence-electron chi connectivity index (χ2n) is 2.60. The van der Waals surface area contributed by atoms with Gasteiger partial charge in [-0.3, -0.25) is 0 Å². The average molecular weight is 164 g/mol. The third-order valence-electron chi connectivity index (χ3n) is 1.73. The summed E-state index contributed by atoms with van der Waals surface area (Å²) in [5, 5.41) is 0. The first-order valence-electron chi connectivity index (χ1n) is 3.89. The van der Waals surface area contributed by atoms with Gasteiger partial charge >= 0.3 is 0 Å². The minimum Gasteiger partial charge on any atom is -0.374 e. The number of aldehydes is 1. The normalized spacial score (nSPS) is 12.4. The van der Waals surface area contributed by atoms with Crippen molar-refractivity contribution in [3.05, 3.63) is 35.9 Å². The zero-order valence-corrected chi connectivity index (χ0v) is 7.07.